The highest BCUT2D eigenvalue weighted by Crippen LogP contribution is 2.29. The van der Waals surface area contributed by atoms with Gasteiger partial charge in [0.25, 0.3) is 0 Å². The first-order valence-electron chi connectivity index (χ1n) is 9.01. The van der Waals surface area contributed by atoms with E-state index >= 15 is 0 Å². The van der Waals surface area contributed by atoms with Crippen molar-refractivity contribution in [3.05, 3.63) is 89.5 Å². The van der Waals surface area contributed by atoms with E-state index in [1.807, 2.05) is 37.4 Å². The van der Waals surface area contributed by atoms with Gasteiger partial charge in [-0.2, -0.15) is 0 Å². The summed E-state index contributed by atoms with van der Waals surface area (Å²) < 4.78 is 5.62. The maximum atomic E-state index is 5.62. The van der Waals surface area contributed by atoms with E-state index in [2.05, 4.69) is 58.4 Å². The first-order valence-corrected chi connectivity index (χ1v) is 9.01. The Kier molecular flexibility index (Phi) is 4.69. The fourth-order valence-corrected chi connectivity index (χ4v) is 3.27. The number of hydrogen-bond acceptors (Lipinski definition) is 3. The normalized spacial score (nSPS) is 13.2. The molecule has 1 heterocycles. The predicted octanol–water partition coefficient (Wildman–Crippen LogP) is 5.36. The van der Waals surface area contributed by atoms with E-state index < -0.39 is 0 Å². The molecule has 0 radical (unpaired) electrons. The van der Waals surface area contributed by atoms with Gasteiger partial charge < -0.3 is 9.64 Å². The average molecular weight is 342 g/mol. The maximum Gasteiger partial charge on any atom is 0.144 e. The van der Waals surface area contributed by atoms with E-state index in [0.717, 1.165) is 30.1 Å². The molecule has 1 aliphatic heterocycles. The summed E-state index contributed by atoms with van der Waals surface area (Å²) in [4.78, 5) is 6.99. The van der Waals surface area contributed by atoms with Gasteiger partial charge in [0, 0.05) is 25.0 Å². The third-order valence-corrected chi connectivity index (χ3v) is 4.62. The molecular formula is C23H22N2O. The lowest BCUT2D eigenvalue weighted by molar-refractivity contribution is 0.341. The third-order valence-electron chi connectivity index (χ3n) is 4.62. The first kappa shape index (κ1) is 16.4. The van der Waals surface area contributed by atoms with Gasteiger partial charge in [-0.15, -0.1) is 0 Å². The highest BCUT2D eigenvalue weighted by molar-refractivity contribution is 5.83. The molecule has 3 aromatic carbocycles. The molecule has 0 N–H and O–H groups in total. The van der Waals surface area contributed by atoms with Crippen LogP contribution in [0.25, 0.3) is 0 Å². The molecule has 0 atom stereocenters. The van der Waals surface area contributed by atoms with Gasteiger partial charge in [-0.05, 0) is 47.9 Å². The van der Waals surface area contributed by atoms with Crippen LogP contribution in [-0.4, -0.2) is 12.8 Å². The second-order valence-electron chi connectivity index (χ2n) is 6.38. The fourth-order valence-electron chi connectivity index (χ4n) is 3.27. The van der Waals surface area contributed by atoms with Gasteiger partial charge in [0.2, 0.25) is 0 Å². The number of para-hydroxylation sites is 2. The van der Waals surface area contributed by atoms with Gasteiger partial charge >= 0.3 is 0 Å². The summed E-state index contributed by atoms with van der Waals surface area (Å²) in [6.45, 7) is 4.58. The van der Waals surface area contributed by atoms with Crippen molar-refractivity contribution < 1.29 is 4.74 Å². The molecule has 0 aliphatic carbocycles. The molecule has 0 unspecified atom stereocenters. The number of ether oxygens (including phenoxy) is 1. The lowest BCUT2D eigenvalue weighted by Crippen LogP contribution is -2.14. The predicted molar refractivity (Wildman–Crippen MR) is 108 cm³/mol. The molecule has 3 nitrogen and oxygen atoms in total. The van der Waals surface area contributed by atoms with Crippen LogP contribution in [0.1, 0.15) is 23.6 Å². The number of benzene rings is 3. The number of fused-ring (bicyclic) bond motifs is 1. The largest absolute Gasteiger partial charge is 0.492 e. The minimum Gasteiger partial charge on any atom is -0.492 e. The Morgan fingerprint density at radius 2 is 1.54 bits per heavy atom. The van der Waals surface area contributed by atoms with Crippen LogP contribution in [0.4, 0.5) is 11.4 Å². The number of anilines is 1. The first-order chi connectivity index (χ1) is 12.8. The van der Waals surface area contributed by atoms with Crippen LogP contribution in [0.2, 0.25) is 0 Å². The molecule has 0 saturated heterocycles. The summed E-state index contributed by atoms with van der Waals surface area (Å²) in [7, 11) is 0. The Balaban J connectivity index is 1.47. The molecule has 0 spiro atoms. The summed E-state index contributed by atoms with van der Waals surface area (Å²) in [5.41, 5.74) is 6.02. The van der Waals surface area contributed by atoms with Crippen molar-refractivity contribution in [1.29, 1.82) is 0 Å². The Morgan fingerprint density at radius 3 is 2.23 bits per heavy atom. The van der Waals surface area contributed by atoms with Crippen molar-refractivity contribution in [2.24, 2.45) is 4.99 Å². The van der Waals surface area contributed by atoms with Crippen LogP contribution in [0.3, 0.4) is 0 Å². The fraction of sp³-hybridized carbons (Fsp3) is 0.174. The van der Waals surface area contributed by atoms with Crippen LogP contribution < -0.4 is 9.64 Å². The second kappa shape index (κ2) is 7.44. The summed E-state index contributed by atoms with van der Waals surface area (Å²) >= 11 is 0. The molecule has 0 bridgehead atoms. The summed E-state index contributed by atoms with van der Waals surface area (Å²) in [6.07, 6.45) is 1.89. The van der Waals surface area contributed by atoms with Crippen molar-refractivity contribution in [2.75, 3.05) is 11.5 Å². The van der Waals surface area contributed by atoms with Gasteiger partial charge in [0.15, 0.2) is 0 Å². The van der Waals surface area contributed by atoms with Gasteiger partial charge in [-0.1, -0.05) is 48.5 Å². The Hall–Kier alpha value is -3.07. The van der Waals surface area contributed by atoms with Gasteiger partial charge in [0.1, 0.15) is 11.4 Å². The monoisotopic (exact) mass is 342 g/mol. The van der Waals surface area contributed by atoms with E-state index in [0.29, 0.717) is 6.61 Å². The molecule has 0 fully saturated rings. The Morgan fingerprint density at radius 1 is 0.885 bits per heavy atom. The standard InChI is InChI=1S/C23H22N2O/c1-2-26-23-10-6-5-9-22(23)24-15-18-11-13-21(14-12-18)25-16-19-7-3-4-8-20(19)17-25/h3-15H,2,16-17H2,1H3. The maximum absolute atomic E-state index is 5.62. The van der Waals surface area contributed by atoms with E-state index in [-0.39, 0.29) is 0 Å². The molecule has 0 saturated carbocycles. The van der Waals surface area contributed by atoms with Gasteiger partial charge in [-0.3, -0.25) is 4.99 Å². The van der Waals surface area contributed by atoms with Crippen molar-refractivity contribution >= 4 is 17.6 Å². The lowest BCUT2D eigenvalue weighted by Gasteiger charge is -2.17. The average Bonchev–Trinajstić information content (AvgIpc) is 3.12. The zero-order chi connectivity index (χ0) is 17.8. The zero-order valence-electron chi connectivity index (χ0n) is 14.9. The minimum absolute atomic E-state index is 0.638. The lowest BCUT2D eigenvalue weighted by atomic mass is 10.1. The van der Waals surface area contributed by atoms with Crippen molar-refractivity contribution in [2.45, 2.75) is 20.0 Å². The number of aliphatic imine (C=N–C) groups is 1. The Labute approximate surface area is 154 Å². The van der Waals surface area contributed by atoms with Crippen molar-refractivity contribution in [1.82, 2.24) is 0 Å². The SMILES string of the molecule is CCOc1ccccc1N=Cc1ccc(N2Cc3ccccc3C2)cc1. The summed E-state index contributed by atoms with van der Waals surface area (Å²) in [6, 6.07) is 25.1. The number of nitrogens with zero attached hydrogens (tertiary/aromatic N) is 2. The number of rotatable bonds is 5. The quantitative estimate of drug-likeness (QED) is 0.583. The van der Waals surface area contributed by atoms with Crippen LogP contribution in [0, 0.1) is 0 Å². The van der Waals surface area contributed by atoms with Crippen LogP contribution in [-0.2, 0) is 13.1 Å². The third kappa shape index (κ3) is 3.47. The van der Waals surface area contributed by atoms with Crippen molar-refractivity contribution in [3.8, 4) is 5.75 Å². The van der Waals surface area contributed by atoms with Gasteiger partial charge in [0.05, 0.1) is 6.61 Å². The molecule has 0 amide bonds. The molecule has 0 aromatic heterocycles. The van der Waals surface area contributed by atoms with E-state index in [4.69, 9.17) is 4.74 Å². The summed E-state index contributed by atoms with van der Waals surface area (Å²) in [5, 5.41) is 0. The minimum atomic E-state index is 0.638. The molecule has 4 rings (SSSR count). The molecular weight excluding hydrogens is 320 g/mol. The number of hydrogen-bond donors (Lipinski definition) is 0. The van der Waals surface area contributed by atoms with E-state index in [9.17, 15) is 0 Å². The zero-order valence-corrected chi connectivity index (χ0v) is 14.9. The highest BCUT2D eigenvalue weighted by atomic mass is 16.5. The van der Waals surface area contributed by atoms with E-state index in [1.165, 1.54) is 16.8 Å². The van der Waals surface area contributed by atoms with Crippen LogP contribution >= 0.6 is 0 Å². The van der Waals surface area contributed by atoms with Crippen LogP contribution in [0.5, 0.6) is 5.75 Å². The molecule has 26 heavy (non-hydrogen) atoms. The molecule has 3 heteroatoms. The van der Waals surface area contributed by atoms with Gasteiger partial charge in [-0.25, -0.2) is 0 Å². The van der Waals surface area contributed by atoms with Crippen LogP contribution in [0.15, 0.2) is 77.8 Å². The highest BCUT2D eigenvalue weighted by Gasteiger charge is 2.18. The Bertz CT molecular complexity index is 891. The molecule has 1 aliphatic rings. The smallest absolute Gasteiger partial charge is 0.144 e. The molecule has 3 aromatic rings. The van der Waals surface area contributed by atoms with E-state index in [1.54, 1.807) is 0 Å². The second-order valence-corrected chi connectivity index (χ2v) is 6.38. The topological polar surface area (TPSA) is 24.8 Å². The molecule has 130 valence electrons. The van der Waals surface area contributed by atoms with Crippen molar-refractivity contribution in [3.63, 3.8) is 0 Å². The summed E-state index contributed by atoms with van der Waals surface area (Å²) in [5.74, 6) is 0.817.